The van der Waals surface area contributed by atoms with Gasteiger partial charge < -0.3 is 14.2 Å². The standard InChI is InChI=1S/C13H17BrO4/c1-4-17-9(2)18-8-10-5-11(7-15)13(14)12(6-10)16-3/h5-7,9H,4,8H2,1-3H3. The molecule has 1 atom stereocenters. The first-order valence-corrected chi connectivity index (χ1v) is 6.46. The van der Waals surface area contributed by atoms with Crippen molar-refractivity contribution in [2.75, 3.05) is 13.7 Å². The number of methoxy groups -OCH3 is 1. The topological polar surface area (TPSA) is 44.8 Å². The van der Waals surface area contributed by atoms with E-state index in [0.717, 1.165) is 11.8 Å². The van der Waals surface area contributed by atoms with Gasteiger partial charge in [-0.25, -0.2) is 0 Å². The average Bonchev–Trinajstić information content (AvgIpc) is 2.37. The van der Waals surface area contributed by atoms with E-state index in [1.54, 1.807) is 13.2 Å². The molecule has 0 spiro atoms. The summed E-state index contributed by atoms with van der Waals surface area (Å²) in [6.45, 7) is 4.71. The van der Waals surface area contributed by atoms with Crippen LogP contribution in [0.4, 0.5) is 0 Å². The van der Waals surface area contributed by atoms with E-state index in [0.29, 0.717) is 29.0 Å². The number of halogens is 1. The van der Waals surface area contributed by atoms with Crippen LogP contribution in [0.25, 0.3) is 0 Å². The Labute approximate surface area is 115 Å². The number of hydrogen-bond donors (Lipinski definition) is 0. The van der Waals surface area contributed by atoms with E-state index in [9.17, 15) is 4.79 Å². The molecule has 0 aliphatic rings. The van der Waals surface area contributed by atoms with Crippen LogP contribution in [0.2, 0.25) is 0 Å². The van der Waals surface area contributed by atoms with Crippen LogP contribution < -0.4 is 4.74 Å². The van der Waals surface area contributed by atoms with Gasteiger partial charge in [-0.1, -0.05) is 0 Å². The zero-order valence-electron chi connectivity index (χ0n) is 10.7. The molecule has 0 heterocycles. The fraction of sp³-hybridized carbons (Fsp3) is 0.462. The Balaban J connectivity index is 2.80. The largest absolute Gasteiger partial charge is 0.496 e. The van der Waals surface area contributed by atoms with E-state index in [-0.39, 0.29) is 6.29 Å². The predicted molar refractivity (Wildman–Crippen MR) is 72.0 cm³/mol. The second-order valence-electron chi connectivity index (χ2n) is 3.65. The normalized spacial score (nSPS) is 12.2. The van der Waals surface area contributed by atoms with Gasteiger partial charge in [-0.3, -0.25) is 4.79 Å². The fourth-order valence-electron chi connectivity index (χ4n) is 1.49. The van der Waals surface area contributed by atoms with E-state index >= 15 is 0 Å². The van der Waals surface area contributed by atoms with Gasteiger partial charge in [0.15, 0.2) is 12.6 Å². The van der Waals surface area contributed by atoms with Gasteiger partial charge in [-0.15, -0.1) is 0 Å². The molecule has 100 valence electrons. The molecule has 0 saturated carbocycles. The Morgan fingerprint density at radius 1 is 1.39 bits per heavy atom. The van der Waals surface area contributed by atoms with Crippen LogP contribution in [-0.2, 0) is 16.1 Å². The molecule has 1 unspecified atom stereocenters. The van der Waals surface area contributed by atoms with Gasteiger partial charge in [0.25, 0.3) is 0 Å². The van der Waals surface area contributed by atoms with Gasteiger partial charge in [0, 0.05) is 12.2 Å². The Kier molecular flexibility index (Phi) is 6.32. The van der Waals surface area contributed by atoms with E-state index in [1.165, 1.54) is 0 Å². The van der Waals surface area contributed by atoms with Crippen molar-refractivity contribution < 1.29 is 19.0 Å². The van der Waals surface area contributed by atoms with E-state index in [2.05, 4.69) is 15.9 Å². The van der Waals surface area contributed by atoms with Crippen molar-refractivity contribution in [2.24, 2.45) is 0 Å². The van der Waals surface area contributed by atoms with Gasteiger partial charge in [-0.05, 0) is 47.5 Å². The summed E-state index contributed by atoms with van der Waals surface area (Å²) in [4.78, 5) is 10.9. The van der Waals surface area contributed by atoms with E-state index in [1.807, 2.05) is 19.9 Å². The van der Waals surface area contributed by atoms with Crippen molar-refractivity contribution in [1.82, 2.24) is 0 Å². The molecule has 0 saturated heterocycles. The lowest BCUT2D eigenvalue weighted by molar-refractivity contribution is -0.134. The molecular weight excluding hydrogens is 300 g/mol. The lowest BCUT2D eigenvalue weighted by Gasteiger charge is -2.14. The monoisotopic (exact) mass is 316 g/mol. The van der Waals surface area contributed by atoms with Crippen LogP contribution in [-0.4, -0.2) is 26.3 Å². The molecule has 0 aromatic heterocycles. The zero-order chi connectivity index (χ0) is 13.5. The maximum atomic E-state index is 10.9. The summed E-state index contributed by atoms with van der Waals surface area (Å²) in [5, 5.41) is 0. The molecule has 1 aromatic carbocycles. The number of carbonyl (C=O) groups excluding carboxylic acids is 1. The minimum atomic E-state index is -0.274. The second-order valence-corrected chi connectivity index (χ2v) is 4.45. The molecule has 1 aromatic rings. The maximum Gasteiger partial charge on any atom is 0.155 e. The number of rotatable bonds is 7. The fourth-order valence-corrected chi connectivity index (χ4v) is 1.98. The molecule has 0 aliphatic carbocycles. The number of ether oxygens (including phenoxy) is 3. The Hall–Kier alpha value is -0.910. The highest BCUT2D eigenvalue weighted by molar-refractivity contribution is 9.10. The third-order valence-electron chi connectivity index (χ3n) is 2.36. The molecule has 0 aliphatic heterocycles. The van der Waals surface area contributed by atoms with Crippen molar-refractivity contribution in [2.45, 2.75) is 26.7 Å². The van der Waals surface area contributed by atoms with Gasteiger partial charge >= 0.3 is 0 Å². The lowest BCUT2D eigenvalue weighted by atomic mass is 10.1. The van der Waals surface area contributed by atoms with Gasteiger partial charge in [-0.2, -0.15) is 0 Å². The van der Waals surface area contributed by atoms with Crippen LogP contribution in [0.15, 0.2) is 16.6 Å². The minimum Gasteiger partial charge on any atom is -0.496 e. The summed E-state index contributed by atoms with van der Waals surface area (Å²) in [6, 6.07) is 3.59. The Bertz CT molecular complexity index is 406. The quantitative estimate of drug-likeness (QED) is 0.572. The molecule has 4 nitrogen and oxygen atoms in total. The third kappa shape index (κ3) is 4.08. The second kappa shape index (κ2) is 7.51. The van der Waals surface area contributed by atoms with E-state index < -0.39 is 0 Å². The SMILES string of the molecule is CCOC(C)OCc1cc(C=O)c(Br)c(OC)c1. The molecule has 18 heavy (non-hydrogen) atoms. The van der Waals surface area contributed by atoms with Crippen molar-refractivity contribution >= 4 is 22.2 Å². The zero-order valence-corrected chi connectivity index (χ0v) is 12.3. The number of aldehydes is 1. The van der Waals surface area contributed by atoms with Crippen molar-refractivity contribution in [3.63, 3.8) is 0 Å². The summed E-state index contributed by atoms with van der Waals surface area (Å²) >= 11 is 3.32. The first-order chi connectivity index (χ1) is 8.62. The Morgan fingerprint density at radius 2 is 2.11 bits per heavy atom. The molecule has 1 rings (SSSR count). The van der Waals surface area contributed by atoms with Crippen molar-refractivity contribution in [3.05, 3.63) is 27.7 Å². The molecular formula is C13H17BrO4. The first-order valence-electron chi connectivity index (χ1n) is 5.67. The van der Waals surface area contributed by atoms with Crippen LogP contribution in [0.3, 0.4) is 0 Å². The molecule has 0 N–H and O–H groups in total. The molecule has 5 heteroatoms. The van der Waals surface area contributed by atoms with Gasteiger partial charge in [0.05, 0.1) is 18.2 Å². The third-order valence-corrected chi connectivity index (χ3v) is 3.21. The van der Waals surface area contributed by atoms with Crippen LogP contribution in [0.1, 0.15) is 29.8 Å². The Morgan fingerprint density at radius 3 is 2.67 bits per heavy atom. The highest BCUT2D eigenvalue weighted by atomic mass is 79.9. The summed E-state index contributed by atoms with van der Waals surface area (Å²) in [5.74, 6) is 0.613. The smallest absolute Gasteiger partial charge is 0.155 e. The average molecular weight is 317 g/mol. The lowest BCUT2D eigenvalue weighted by Crippen LogP contribution is -2.12. The maximum absolute atomic E-state index is 10.9. The van der Waals surface area contributed by atoms with Crippen LogP contribution in [0.5, 0.6) is 5.75 Å². The number of benzene rings is 1. The summed E-state index contributed by atoms with van der Waals surface area (Å²) in [7, 11) is 1.56. The highest BCUT2D eigenvalue weighted by Crippen LogP contribution is 2.29. The molecule has 0 bridgehead atoms. The van der Waals surface area contributed by atoms with Gasteiger partial charge in [0.1, 0.15) is 5.75 Å². The molecule has 0 amide bonds. The summed E-state index contributed by atoms with van der Waals surface area (Å²) in [6.07, 6.45) is 0.506. The number of carbonyl (C=O) groups is 1. The van der Waals surface area contributed by atoms with Crippen molar-refractivity contribution in [3.8, 4) is 5.75 Å². The molecule has 0 radical (unpaired) electrons. The van der Waals surface area contributed by atoms with Gasteiger partial charge in [0.2, 0.25) is 0 Å². The minimum absolute atomic E-state index is 0.274. The highest BCUT2D eigenvalue weighted by Gasteiger charge is 2.10. The van der Waals surface area contributed by atoms with Crippen LogP contribution in [0, 0.1) is 0 Å². The van der Waals surface area contributed by atoms with Crippen molar-refractivity contribution in [1.29, 1.82) is 0 Å². The summed E-state index contributed by atoms with van der Waals surface area (Å²) in [5.41, 5.74) is 1.40. The molecule has 0 fully saturated rings. The summed E-state index contributed by atoms with van der Waals surface area (Å²) < 4.78 is 16.6. The van der Waals surface area contributed by atoms with E-state index in [4.69, 9.17) is 14.2 Å². The number of hydrogen-bond acceptors (Lipinski definition) is 4. The predicted octanol–water partition coefficient (Wildman–Crippen LogP) is 3.17. The first kappa shape index (κ1) is 15.1. The van der Waals surface area contributed by atoms with Crippen LogP contribution >= 0.6 is 15.9 Å².